The summed E-state index contributed by atoms with van der Waals surface area (Å²) in [4.78, 5) is 11.5. The molecule has 1 aliphatic rings. The summed E-state index contributed by atoms with van der Waals surface area (Å²) >= 11 is 0. The van der Waals surface area contributed by atoms with Crippen LogP contribution in [0.5, 0.6) is 0 Å². The maximum Gasteiger partial charge on any atom is 0.123 e. The Morgan fingerprint density at radius 3 is 2.22 bits per heavy atom. The van der Waals surface area contributed by atoms with Gasteiger partial charge in [0.15, 0.2) is 0 Å². The van der Waals surface area contributed by atoms with Crippen molar-refractivity contribution in [1.29, 1.82) is 0 Å². The number of aryl methyl sites for hydroxylation is 1. The van der Waals surface area contributed by atoms with Crippen LogP contribution in [-0.4, -0.2) is 28.8 Å². The first-order chi connectivity index (χ1) is 17.5. The number of hydrogen-bond donors (Lipinski definition) is 2. The third-order valence-corrected chi connectivity index (χ3v) is 5.36. The number of nitrogens with zero attached hydrogens (tertiary/aromatic N) is 3. The fourth-order valence-corrected chi connectivity index (χ4v) is 3.54. The molecule has 1 atom stereocenters. The smallest absolute Gasteiger partial charge is 0.123 e. The zero-order valence-electron chi connectivity index (χ0n) is 23.5. The van der Waals surface area contributed by atoms with Crippen molar-refractivity contribution in [1.82, 2.24) is 9.88 Å². The molecule has 1 aromatic heterocycles. The van der Waals surface area contributed by atoms with Crippen molar-refractivity contribution in [3.05, 3.63) is 102 Å². The Kier molecular flexibility index (Phi) is 14.0. The molecule has 1 unspecified atom stereocenters. The molecule has 0 bridgehead atoms. The van der Waals surface area contributed by atoms with Crippen molar-refractivity contribution in [3.8, 4) is 0 Å². The first-order valence-electron chi connectivity index (χ1n) is 12.6. The average Bonchev–Trinajstić information content (AvgIpc) is 2.94. The molecule has 2 aromatic carbocycles. The summed E-state index contributed by atoms with van der Waals surface area (Å²) in [7, 11) is 1.50. The zero-order valence-corrected chi connectivity index (χ0v) is 26.2. The quantitative estimate of drug-likeness (QED) is 0.225. The van der Waals surface area contributed by atoms with Crippen LogP contribution >= 0.6 is 0 Å². The number of allylic oxidation sites excluding steroid dienone is 2. The molecule has 4 N–H and O–H groups in total. The molecule has 1 aliphatic heterocycles. The molecule has 201 valence electrons. The molecule has 0 spiro atoms. The third-order valence-electron chi connectivity index (χ3n) is 5.36. The molecule has 2 heterocycles. The molecular weight excluding hydrogens is 689 g/mol. The van der Waals surface area contributed by atoms with Gasteiger partial charge < -0.3 is 21.4 Å². The minimum Gasteiger partial charge on any atom is -0.385 e. The fourth-order valence-electron chi connectivity index (χ4n) is 3.54. The van der Waals surface area contributed by atoms with E-state index in [4.69, 9.17) is 10.7 Å². The van der Waals surface area contributed by atoms with Crippen molar-refractivity contribution < 1.29 is 0 Å². The Labute approximate surface area is 218 Å². The third kappa shape index (κ3) is 7.64. The summed E-state index contributed by atoms with van der Waals surface area (Å²) in [6.45, 7) is 18.1. The summed E-state index contributed by atoms with van der Waals surface area (Å²) in [5.74, 6) is 0.580. The van der Waals surface area contributed by atoms with Crippen molar-refractivity contribution >= 4 is 28.1 Å². The van der Waals surface area contributed by atoms with Gasteiger partial charge in [-0.2, -0.15) is 0 Å². The van der Waals surface area contributed by atoms with Gasteiger partial charge >= 0.3 is 0 Å². The van der Waals surface area contributed by atoms with Gasteiger partial charge in [0.05, 0.1) is 17.4 Å². The monoisotopic (exact) mass is 731 g/mol. The first-order valence-corrected chi connectivity index (χ1v) is 12.6. The number of amidine groups is 1. The molecule has 1 radical (unpaired) electrons. The summed E-state index contributed by atoms with van der Waals surface area (Å²) in [6.07, 6.45) is 5.69. The summed E-state index contributed by atoms with van der Waals surface area (Å²) in [5.41, 5.74) is 18.0. The summed E-state index contributed by atoms with van der Waals surface area (Å²) in [5, 5.41) is 0.963. The predicted octanol–water partition coefficient (Wildman–Crippen LogP) is 6.95. The van der Waals surface area contributed by atoms with Crippen molar-refractivity contribution in [2.45, 2.75) is 54.5 Å². The Morgan fingerprint density at radius 2 is 1.62 bits per heavy atom. The van der Waals surface area contributed by atoms with Gasteiger partial charge in [0.25, 0.3) is 0 Å². The van der Waals surface area contributed by atoms with E-state index >= 15 is 0 Å². The molecule has 0 amide bonds. The van der Waals surface area contributed by atoms with E-state index in [-0.39, 0.29) is 6.04 Å². The Balaban J connectivity index is 0.00000173. The fraction of sp³-hybridized carbons (Fsp3) is 0.290. The van der Waals surface area contributed by atoms with Crippen LogP contribution in [-0.2, 0) is 0 Å². The Bertz CT molecular complexity index is 1210. The van der Waals surface area contributed by atoms with Gasteiger partial charge in [-0.05, 0) is 44.5 Å². The van der Waals surface area contributed by atoms with Gasteiger partial charge in [0.2, 0.25) is 0 Å². The SMILES string of the molecule is C=C/C(C)=C/N1C(c2ccc3ncc[c-]c3c2)=C(c2ccc(C)cc2)N=C(N)C1C.CC.CC.CN.[Bk]. The number of hydrogen-bond acceptors (Lipinski definition) is 5. The van der Waals surface area contributed by atoms with Gasteiger partial charge in [-0.25, -0.2) is 4.99 Å². The number of aliphatic imine (C=N–C) groups is 1. The first kappa shape index (κ1) is 32.3. The number of rotatable bonds is 4. The number of nitrogens with two attached hydrogens (primary N) is 2. The topological polar surface area (TPSA) is 80.5 Å². The average molecular weight is 732 g/mol. The van der Waals surface area contributed by atoms with Gasteiger partial charge in [-0.1, -0.05) is 88.5 Å². The molecule has 0 fully saturated rings. The van der Waals surface area contributed by atoms with Gasteiger partial charge in [-0.15, -0.1) is 23.6 Å². The molecule has 6 heteroatoms. The molecule has 5 nitrogen and oxygen atoms in total. The van der Waals surface area contributed by atoms with Crippen LogP contribution in [0.3, 0.4) is 0 Å². The minimum atomic E-state index is -0.0855. The summed E-state index contributed by atoms with van der Waals surface area (Å²) < 4.78 is 0. The standard InChI is InChI=1S/C26H25N4.2C2H6.CH5N.Bk/c1-5-17(2)16-30-19(4)26(27)29-24(20-10-8-18(3)9-11-20)25(30)22-12-13-23-21(15-22)7-6-14-28-23;3*1-2;/h5-6,8-16,19H,1H2,2-4H3,(H2,27,29);2*1-2H3;2H2,1H3;/q-1;;;;/b17-16+;;;;. The van der Waals surface area contributed by atoms with E-state index in [0.717, 1.165) is 39.0 Å². The van der Waals surface area contributed by atoms with Crippen LogP contribution in [0.1, 0.15) is 58.2 Å². The zero-order chi connectivity index (χ0) is 27.3. The van der Waals surface area contributed by atoms with Crippen molar-refractivity contribution in [2.24, 2.45) is 16.5 Å². The predicted molar refractivity (Wildman–Crippen MR) is 158 cm³/mol. The Hall–Kier alpha value is -4.70. The van der Waals surface area contributed by atoms with Crippen LogP contribution < -0.4 is 11.5 Å². The van der Waals surface area contributed by atoms with E-state index < -0.39 is 0 Å². The van der Waals surface area contributed by atoms with E-state index in [2.05, 4.69) is 84.7 Å². The van der Waals surface area contributed by atoms with E-state index in [1.807, 2.05) is 52.8 Å². The number of pyridine rings is 1. The maximum absolute atomic E-state index is 6.38. The summed E-state index contributed by atoms with van der Waals surface area (Å²) in [6, 6.07) is 19.6. The molecule has 0 saturated carbocycles. The normalized spacial score (nSPS) is 14.5. The van der Waals surface area contributed by atoms with Gasteiger partial charge in [0.1, 0.15) is 5.84 Å². The van der Waals surface area contributed by atoms with E-state index in [1.165, 1.54) is 12.6 Å². The minimum absolute atomic E-state index is 0. The van der Waals surface area contributed by atoms with E-state index in [1.54, 1.807) is 6.20 Å². The second-order valence-electron chi connectivity index (χ2n) is 7.58. The molecular formula is C31H42BkN5-. The molecule has 0 saturated heterocycles. The maximum atomic E-state index is 6.38. The van der Waals surface area contributed by atoms with Gasteiger partial charge in [0, 0.05) is 11.8 Å². The van der Waals surface area contributed by atoms with Crippen LogP contribution in [0.25, 0.3) is 22.3 Å². The molecule has 3 aromatic rings. The van der Waals surface area contributed by atoms with Crippen LogP contribution in [0.4, 0.5) is 0 Å². The molecule has 4 rings (SSSR count). The van der Waals surface area contributed by atoms with Crippen LogP contribution in [0, 0.1) is 13.0 Å². The second kappa shape index (κ2) is 16.1. The largest absolute Gasteiger partial charge is 0.385 e. The van der Waals surface area contributed by atoms with Crippen molar-refractivity contribution in [3.63, 3.8) is 0 Å². The number of fused-ring (bicyclic) bond motifs is 1. The second-order valence-corrected chi connectivity index (χ2v) is 7.58. The number of aromatic nitrogens is 1. The molecule has 37 heavy (non-hydrogen) atoms. The number of benzene rings is 2. The van der Waals surface area contributed by atoms with Crippen molar-refractivity contribution in [2.75, 3.05) is 7.05 Å². The van der Waals surface area contributed by atoms with E-state index in [0.29, 0.717) is 5.84 Å². The Morgan fingerprint density at radius 1 is 1.03 bits per heavy atom. The van der Waals surface area contributed by atoms with E-state index in [9.17, 15) is 0 Å². The molecule has 0 aliphatic carbocycles. The van der Waals surface area contributed by atoms with Gasteiger partial charge in [-0.3, -0.25) is 0 Å². The van der Waals surface area contributed by atoms with Crippen LogP contribution in [0.2, 0.25) is 0 Å². The van der Waals surface area contributed by atoms with Crippen LogP contribution in [0.15, 0.2) is 84.1 Å².